The Kier molecular flexibility index (Phi) is 3.67. The van der Waals surface area contributed by atoms with E-state index in [-0.39, 0.29) is 12.4 Å². The fraction of sp³-hybridized carbons (Fsp3) is 0.214. The molecule has 0 amide bonds. The maximum absolute atomic E-state index is 10.7. The van der Waals surface area contributed by atoms with Crippen LogP contribution < -0.4 is 4.74 Å². The Morgan fingerprint density at radius 2 is 2.06 bits per heavy atom. The predicted octanol–water partition coefficient (Wildman–Crippen LogP) is 3.12. The highest BCUT2D eigenvalue weighted by Gasteiger charge is 2.09. The molecule has 0 bridgehead atoms. The summed E-state index contributed by atoms with van der Waals surface area (Å²) in [5.74, 6) is 0.152. The van der Waals surface area contributed by atoms with E-state index in [9.17, 15) is 4.79 Å². The molecule has 0 radical (unpaired) electrons. The van der Waals surface area contributed by atoms with Gasteiger partial charge in [-0.05, 0) is 30.2 Å². The lowest BCUT2D eigenvalue weighted by molar-refractivity contribution is 0.0658. The van der Waals surface area contributed by atoms with Crippen molar-refractivity contribution in [1.29, 1.82) is 0 Å². The smallest absolute Gasteiger partial charge is 0.371 e. The molecular weight excluding hydrogens is 232 g/mol. The van der Waals surface area contributed by atoms with Gasteiger partial charge in [-0.1, -0.05) is 25.1 Å². The summed E-state index contributed by atoms with van der Waals surface area (Å²) < 4.78 is 10.7. The molecule has 2 rings (SSSR count). The number of hydrogen-bond acceptors (Lipinski definition) is 3. The molecule has 2 aromatic rings. The van der Waals surface area contributed by atoms with Gasteiger partial charge in [0.15, 0.2) is 0 Å². The predicted molar refractivity (Wildman–Crippen MR) is 65.8 cm³/mol. The van der Waals surface area contributed by atoms with Crippen molar-refractivity contribution in [3.05, 3.63) is 53.5 Å². The van der Waals surface area contributed by atoms with Crippen molar-refractivity contribution < 1.29 is 19.1 Å². The van der Waals surface area contributed by atoms with Crippen LogP contribution in [0.15, 0.2) is 40.8 Å². The first kappa shape index (κ1) is 12.2. The molecule has 0 unspecified atom stereocenters. The third kappa shape index (κ3) is 2.71. The fourth-order valence-corrected chi connectivity index (χ4v) is 1.66. The van der Waals surface area contributed by atoms with Crippen LogP contribution in [-0.2, 0) is 13.0 Å². The van der Waals surface area contributed by atoms with Crippen molar-refractivity contribution in [1.82, 2.24) is 0 Å². The van der Waals surface area contributed by atoms with Crippen molar-refractivity contribution in [2.24, 2.45) is 0 Å². The molecule has 0 atom stereocenters. The molecule has 0 saturated heterocycles. The first-order valence-electron chi connectivity index (χ1n) is 5.73. The van der Waals surface area contributed by atoms with Gasteiger partial charge in [-0.15, -0.1) is 0 Å². The maximum Gasteiger partial charge on any atom is 0.371 e. The van der Waals surface area contributed by atoms with Crippen molar-refractivity contribution in [3.8, 4) is 5.75 Å². The van der Waals surface area contributed by atoms with Crippen molar-refractivity contribution in [3.63, 3.8) is 0 Å². The van der Waals surface area contributed by atoms with Crippen LogP contribution in [0.5, 0.6) is 5.75 Å². The van der Waals surface area contributed by atoms with Crippen molar-refractivity contribution in [2.45, 2.75) is 20.0 Å². The minimum atomic E-state index is -1.07. The Bertz CT molecular complexity index is 542. The number of carbonyl (C=O) groups is 1. The molecule has 0 fully saturated rings. The van der Waals surface area contributed by atoms with Crippen LogP contribution in [0.4, 0.5) is 0 Å². The Morgan fingerprint density at radius 1 is 1.28 bits per heavy atom. The molecule has 0 spiro atoms. The van der Waals surface area contributed by atoms with Gasteiger partial charge in [-0.25, -0.2) is 4.79 Å². The zero-order valence-corrected chi connectivity index (χ0v) is 10.1. The Balaban J connectivity index is 2.04. The van der Waals surface area contributed by atoms with Gasteiger partial charge in [0.1, 0.15) is 18.1 Å². The van der Waals surface area contributed by atoms with Crippen molar-refractivity contribution in [2.75, 3.05) is 0 Å². The summed E-state index contributed by atoms with van der Waals surface area (Å²) in [5, 5.41) is 8.73. The van der Waals surface area contributed by atoms with Gasteiger partial charge >= 0.3 is 5.97 Å². The molecule has 1 N–H and O–H groups in total. The number of carboxylic acid groups (broad SMARTS) is 1. The first-order valence-corrected chi connectivity index (χ1v) is 5.73. The Morgan fingerprint density at radius 3 is 2.72 bits per heavy atom. The summed E-state index contributed by atoms with van der Waals surface area (Å²) in [6.45, 7) is 2.28. The van der Waals surface area contributed by atoms with E-state index < -0.39 is 5.97 Å². The average molecular weight is 246 g/mol. The number of para-hydroxylation sites is 1. The summed E-state index contributed by atoms with van der Waals surface area (Å²) >= 11 is 0. The minimum absolute atomic E-state index is 0.0719. The molecular formula is C14H14O4. The number of hydrogen-bond donors (Lipinski definition) is 1. The molecule has 1 aromatic carbocycles. The molecule has 94 valence electrons. The van der Waals surface area contributed by atoms with Crippen molar-refractivity contribution >= 4 is 5.97 Å². The van der Waals surface area contributed by atoms with E-state index in [0.717, 1.165) is 17.7 Å². The maximum atomic E-state index is 10.7. The summed E-state index contributed by atoms with van der Waals surface area (Å²) in [6.07, 6.45) is 0.884. The molecule has 18 heavy (non-hydrogen) atoms. The van der Waals surface area contributed by atoms with Crippen LogP contribution in [0.2, 0.25) is 0 Å². The molecule has 0 aliphatic rings. The van der Waals surface area contributed by atoms with Crippen LogP contribution in [0, 0.1) is 0 Å². The second-order valence-corrected chi connectivity index (χ2v) is 3.82. The molecule has 0 saturated carbocycles. The highest BCUT2D eigenvalue weighted by molar-refractivity contribution is 5.84. The quantitative estimate of drug-likeness (QED) is 0.880. The average Bonchev–Trinajstić information content (AvgIpc) is 2.85. The van der Waals surface area contributed by atoms with E-state index in [0.29, 0.717) is 5.76 Å². The van der Waals surface area contributed by atoms with Gasteiger partial charge in [-0.2, -0.15) is 0 Å². The summed E-state index contributed by atoms with van der Waals surface area (Å²) in [5.41, 5.74) is 1.11. The second-order valence-electron chi connectivity index (χ2n) is 3.82. The van der Waals surface area contributed by atoms with Crippen LogP contribution in [-0.4, -0.2) is 11.1 Å². The monoisotopic (exact) mass is 246 g/mol. The lowest BCUT2D eigenvalue weighted by Gasteiger charge is -2.08. The summed E-state index contributed by atoms with van der Waals surface area (Å²) in [6, 6.07) is 10.8. The summed E-state index contributed by atoms with van der Waals surface area (Å²) in [7, 11) is 0. The third-order valence-corrected chi connectivity index (χ3v) is 2.60. The van der Waals surface area contributed by atoms with E-state index in [1.165, 1.54) is 6.07 Å². The molecule has 0 aliphatic heterocycles. The number of benzene rings is 1. The van der Waals surface area contributed by atoms with E-state index in [1.807, 2.05) is 24.3 Å². The number of carboxylic acids is 1. The molecule has 4 nitrogen and oxygen atoms in total. The number of aryl methyl sites for hydroxylation is 1. The van der Waals surface area contributed by atoms with Gasteiger partial charge in [0, 0.05) is 0 Å². The highest BCUT2D eigenvalue weighted by Crippen LogP contribution is 2.20. The van der Waals surface area contributed by atoms with Crippen LogP contribution in [0.3, 0.4) is 0 Å². The lowest BCUT2D eigenvalue weighted by Crippen LogP contribution is -1.97. The van der Waals surface area contributed by atoms with Crippen LogP contribution in [0.25, 0.3) is 0 Å². The Hall–Kier alpha value is -2.23. The lowest BCUT2D eigenvalue weighted by atomic mass is 10.1. The topological polar surface area (TPSA) is 59.7 Å². The van der Waals surface area contributed by atoms with Crippen LogP contribution in [0.1, 0.15) is 28.8 Å². The molecule has 1 aromatic heterocycles. The molecule has 1 heterocycles. The standard InChI is InChI=1S/C14H14O4/c1-2-10-5-3-4-6-12(10)17-9-11-7-8-13(18-11)14(15)16/h3-8H,2,9H2,1H3,(H,15,16). The van der Waals surface area contributed by atoms with Gasteiger partial charge in [0.25, 0.3) is 0 Å². The van der Waals surface area contributed by atoms with E-state index in [4.69, 9.17) is 14.3 Å². The zero-order valence-electron chi connectivity index (χ0n) is 10.1. The van der Waals surface area contributed by atoms with E-state index in [2.05, 4.69) is 6.92 Å². The van der Waals surface area contributed by atoms with Gasteiger partial charge in [-0.3, -0.25) is 0 Å². The molecule has 0 aliphatic carbocycles. The van der Waals surface area contributed by atoms with Crippen LogP contribution >= 0.6 is 0 Å². The SMILES string of the molecule is CCc1ccccc1OCc1ccc(C(=O)O)o1. The second kappa shape index (κ2) is 5.40. The van der Waals surface area contributed by atoms with E-state index >= 15 is 0 Å². The first-order chi connectivity index (χ1) is 8.70. The van der Waals surface area contributed by atoms with E-state index in [1.54, 1.807) is 6.07 Å². The number of ether oxygens (including phenoxy) is 1. The number of furan rings is 1. The number of aromatic carboxylic acids is 1. The van der Waals surface area contributed by atoms with Gasteiger partial charge in [0.05, 0.1) is 0 Å². The largest absolute Gasteiger partial charge is 0.485 e. The third-order valence-electron chi connectivity index (χ3n) is 2.60. The zero-order chi connectivity index (χ0) is 13.0. The Labute approximate surface area is 105 Å². The fourth-order valence-electron chi connectivity index (χ4n) is 1.66. The molecule has 4 heteroatoms. The van der Waals surface area contributed by atoms with Gasteiger partial charge in [0.2, 0.25) is 5.76 Å². The number of rotatable bonds is 5. The van der Waals surface area contributed by atoms with Gasteiger partial charge < -0.3 is 14.3 Å². The highest BCUT2D eigenvalue weighted by atomic mass is 16.5. The normalized spacial score (nSPS) is 10.3. The summed E-state index contributed by atoms with van der Waals surface area (Å²) in [4.78, 5) is 10.7. The minimum Gasteiger partial charge on any atom is -0.485 e.